The van der Waals surface area contributed by atoms with Gasteiger partial charge in [0.25, 0.3) is 0 Å². The number of carbonyl (C=O) groups is 1. The fraction of sp³-hybridized carbons (Fsp3) is 0.667. The topological polar surface area (TPSA) is 42.9 Å². The molecule has 2 N–H and O–H groups in total. The maximum atomic E-state index is 13.0. The summed E-state index contributed by atoms with van der Waals surface area (Å²) >= 11 is 0. The minimum Gasteiger partial charge on any atom is -1.00 e. The van der Waals surface area contributed by atoms with Gasteiger partial charge in [-0.3, -0.25) is 0 Å². The average molecular weight is 224 g/mol. The van der Waals surface area contributed by atoms with Gasteiger partial charge in [0.05, 0.1) is 13.2 Å². The van der Waals surface area contributed by atoms with E-state index in [1.807, 2.05) is 5.32 Å². The van der Waals surface area contributed by atoms with E-state index in [2.05, 4.69) is 4.74 Å². The third kappa shape index (κ3) is 4.07. The molecule has 1 rings (SSSR count). The van der Waals surface area contributed by atoms with Crippen molar-refractivity contribution in [2.24, 2.45) is 0 Å². The second-order valence-electron chi connectivity index (χ2n) is 3.07. The number of hydrogen-bond donors (Lipinski definition) is 1. The van der Waals surface area contributed by atoms with E-state index in [0.29, 0.717) is 0 Å². The van der Waals surface area contributed by atoms with E-state index in [1.54, 1.807) is 6.92 Å². The van der Waals surface area contributed by atoms with Gasteiger partial charge in [0.1, 0.15) is 6.04 Å². The number of quaternary nitrogens is 1. The Morgan fingerprint density at radius 3 is 2.93 bits per heavy atom. The molecule has 82 valence electrons. The van der Waals surface area contributed by atoms with E-state index in [1.165, 1.54) is 6.08 Å². The first-order valence-electron chi connectivity index (χ1n) is 4.61. The van der Waals surface area contributed by atoms with Crippen molar-refractivity contribution in [2.45, 2.75) is 25.8 Å². The molecule has 0 aromatic rings. The Labute approximate surface area is 89.1 Å². The van der Waals surface area contributed by atoms with Crippen LogP contribution in [0.25, 0.3) is 0 Å². The molecule has 0 aromatic carbocycles. The molecule has 14 heavy (non-hydrogen) atoms. The van der Waals surface area contributed by atoms with Crippen LogP contribution in [0.1, 0.15) is 19.8 Å². The van der Waals surface area contributed by atoms with Crippen molar-refractivity contribution in [2.75, 3.05) is 13.2 Å². The van der Waals surface area contributed by atoms with Crippen LogP contribution in [0, 0.1) is 0 Å². The molecule has 1 aliphatic heterocycles. The number of nitrogens with two attached hydrogens (primary N) is 1. The van der Waals surface area contributed by atoms with E-state index in [4.69, 9.17) is 0 Å². The van der Waals surface area contributed by atoms with Crippen LogP contribution in [0.3, 0.4) is 0 Å². The SMILES string of the molecule is CCOC(=O)/C(F)=C\[C@@H]1CCC[NH2+]1.[Cl-]. The molecule has 1 aliphatic rings. The van der Waals surface area contributed by atoms with E-state index in [-0.39, 0.29) is 25.1 Å². The van der Waals surface area contributed by atoms with Crippen molar-refractivity contribution in [1.82, 2.24) is 0 Å². The zero-order valence-corrected chi connectivity index (χ0v) is 8.89. The van der Waals surface area contributed by atoms with Gasteiger partial charge in [0.2, 0.25) is 5.83 Å². The van der Waals surface area contributed by atoms with Gasteiger partial charge in [-0.05, 0) is 6.92 Å². The summed E-state index contributed by atoms with van der Waals surface area (Å²) in [6.45, 7) is 2.89. The molecule has 1 fully saturated rings. The molecule has 0 aromatic heterocycles. The van der Waals surface area contributed by atoms with Crippen molar-refractivity contribution < 1.29 is 31.6 Å². The molecule has 1 saturated heterocycles. The van der Waals surface area contributed by atoms with Crippen molar-refractivity contribution in [3.63, 3.8) is 0 Å². The summed E-state index contributed by atoms with van der Waals surface area (Å²) < 4.78 is 17.5. The fourth-order valence-electron chi connectivity index (χ4n) is 1.41. The molecule has 1 heterocycles. The minimum absolute atomic E-state index is 0. The van der Waals surface area contributed by atoms with Crippen molar-refractivity contribution in [3.8, 4) is 0 Å². The summed E-state index contributed by atoms with van der Waals surface area (Å²) in [6, 6.07) is 0.115. The molecule has 0 aliphatic carbocycles. The molecule has 0 spiro atoms. The van der Waals surface area contributed by atoms with Gasteiger partial charge in [0.15, 0.2) is 0 Å². The van der Waals surface area contributed by atoms with Crippen LogP contribution in [-0.2, 0) is 9.53 Å². The Kier molecular flexibility index (Phi) is 6.49. The summed E-state index contributed by atoms with van der Waals surface area (Å²) in [5, 5.41) is 2.03. The zero-order chi connectivity index (χ0) is 9.68. The Morgan fingerprint density at radius 2 is 2.43 bits per heavy atom. The maximum Gasteiger partial charge on any atom is 0.367 e. The maximum absolute atomic E-state index is 13.0. The Hall–Kier alpha value is -0.610. The molecule has 5 heteroatoms. The lowest BCUT2D eigenvalue weighted by Crippen LogP contribution is -3.00. The second kappa shape index (κ2) is 6.79. The van der Waals surface area contributed by atoms with Crippen molar-refractivity contribution in [3.05, 3.63) is 11.9 Å². The zero-order valence-electron chi connectivity index (χ0n) is 8.13. The van der Waals surface area contributed by atoms with Crippen LogP contribution in [0.5, 0.6) is 0 Å². The fourth-order valence-corrected chi connectivity index (χ4v) is 1.41. The predicted octanol–water partition coefficient (Wildman–Crippen LogP) is -2.87. The standard InChI is InChI=1S/C9H14FNO2.ClH/c1-2-13-9(12)8(10)6-7-4-3-5-11-7;/h6-7,11H,2-5H2,1H3;1H/b8-6+;/t7-;/m0./s1. The third-order valence-electron chi connectivity index (χ3n) is 2.04. The molecular weight excluding hydrogens is 209 g/mol. The highest BCUT2D eigenvalue weighted by molar-refractivity contribution is 5.85. The Morgan fingerprint density at radius 1 is 1.71 bits per heavy atom. The second-order valence-corrected chi connectivity index (χ2v) is 3.07. The molecule has 0 amide bonds. The lowest BCUT2D eigenvalue weighted by Gasteiger charge is -2.01. The Balaban J connectivity index is 0.00000169. The summed E-state index contributed by atoms with van der Waals surface area (Å²) in [5.74, 6) is -1.60. The van der Waals surface area contributed by atoms with Crippen molar-refractivity contribution in [1.29, 1.82) is 0 Å². The molecule has 1 atom stereocenters. The molecular formula is C9H15ClFNO2. The van der Waals surface area contributed by atoms with Gasteiger partial charge in [-0.25, -0.2) is 4.79 Å². The lowest BCUT2D eigenvalue weighted by atomic mass is 10.2. The average Bonchev–Trinajstić information content (AvgIpc) is 2.57. The summed E-state index contributed by atoms with van der Waals surface area (Å²) in [6.07, 6.45) is 3.37. The monoisotopic (exact) mass is 223 g/mol. The lowest BCUT2D eigenvalue weighted by molar-refractivity contribution is -0.659. The van der Waals surface area contributed by atoms with Gasteiger partial charge < -0.3 is 22.5 Å². The van der Waals surface area contributed by atoms with E-state index < -0.39 is 11.8 Å². The smallest absolute Gasteiger partial charge is 0.367 e. The van der Waals surface area contributed by atoms with Gasteiger partial charge in [-0.1, -0.05) is 0 Å². The highest BCUT2D eigenvalue weighted by Crippen LogP contribution is 2.05. The number of rotatable bonds is 3. The number of halogens is 2. The summed E-state index contributed by atoms with van der Waals surface area (Å²) in [5.41, 5.74) is 0. The molecule has 0 saturated carbocycles. The van der Waals surface area contributed by atoms with Crippen LogP contribution in [-0.4, -0.2) is 25.2 Å². The summed E-state index contributed by atoms with van der Waals surface area (Å²) in [4.78, 5) is 10.9. The van der Waals surface area contributed by atoms with Crippen LogP contribution in [0.15, 0.2) is 11.9 Å². The van der Waals surface area contributed by atoms with E-state index in [9.17, 15) is 9.18 Å². The largest absolute Gasteiger partial charge is 1.00 e. The number of ether oxygens (including phenoxy) is 1. The summed E-state index contributed by atoms with van der Waals surface area (Å²) in [7, 11) is 0. The van der Waals surface area contributed by atoms with E-state index >= 15 is 0 Å². The molecule has 3 nitrogen and oxygen atoms in total. The highest BCUT2D eigenvalue weighted by Gasteiger charge is 2.19. The molecule has 0 radical (unpaired) electrons. The van der Waals surface area contributed by atoms with E-state index in [0.717, 1.165) is 19.4 Å². The number of carbonyl (C=O) groups excluding carboxylic acids is 1. The van der Waals surface area contributed by atoms with Crippen LogP contribution >= 0.6 is 0 Å². The number of esters is 1. The van der Waals surface area contributed by atoms with Crippen LogP contribution < -0.4 is 17.7 Å². The quantitative estimate of drug-likeness (QED) is 0.413. The van der Waals surface area contributed by atoms with Gasteiger partial charge in [-0.2, -0.15) is 4.39 Å². The molecule has 0 bridgehead atoms. The van der Waals surface area contributed by atoms with Gasteiger partial charge >= 0.3 is 5.97 Å². The van der Waals surface area contributed by atoms with Crippen LogP contribution in [0.4, 0.5) is 4.39 Å². The van der Waals surface area contributed by atoms with Crippen molar-refractivity contribution >= 4 is 5.97 Å². The third-order valence-corrected chi connectivity index (χ3v) is 2.04. The normalized spacial score (nSPS) is 21.6. The highest BCUT2D eigenvalue weighted by atomic mass is 35.5. The first-order chi connectivity index (χ1) is 6.24. The Bertz CT molecular complexity index is 215. The first kappa shape index (κ1) is 13.4. The number of hydrogen-bond acceptors (Lipinski definition) is 2. The van der Waals surface area contributed by atoms with Gasteiger partial charge in [0, 0.05) is 18.9 Å². The first-order valence-corrected chi connectivity index (χ1v) is 4.61. The van der Waals surface area contributed by atoms with Gasteiger partial charge in [-0.15, -0.1) is 0 Å². The molecule has 0 unspecified atom stereocenters. The van der Waals surface area contributed by atoms with Crippen LogP contribution in [0.2, 0.25) is 0 Å². The minimum atomic E-state index is -0.845. The predicted molar refractivity (Wildman–Crippen MR) is 45.6 cm³/mol.